The number of alkyl halides is 3. The van der Waals surface area contributed by atoms with Crippen molar-refractivity contribution in [3.8, 4) is 0 Å². The van der Waals surface area contributed by atoms with Crippen LogP contribution >= 0.6 is 0 Å². The molecule has 1 atom stereocenters. The van der Waals surface area contributed by atoms with Crippen molar-refractivity contribution < 1.29 is 31.9 Å². The van der Waals surface area contributed by atoms with Crippen LogP contribution in [0.25, 0.3) is 0 Å². The summed E-state index contributed by atoms with van der Waals surface area (Å²) >= 11 is 0. The van der Waals surface area contributed by atoms with Crippen molar-refractivity contribution in [1.82, 2.24) is 5.01 Å². The smallest absolute Gasteiger partial charge is 0.362 e. The summed E-state index contributed by atoms with van der Waals surface area (Å²) in [5.74, 6) is -3.81. The van der Waals surface area contributed by atoms with Crippen LogP contribution in [0, 0.1) is 11.6 Å². The summed E-state index contributed by atoms with van der Waals surface area (Å²) in [6.45, 7) is 0. The molecule has 27 heavy (non-hydrogen) atoms. The standard InChI is InChI=1S/C18H13F5N2O2/c19-13-8-4-7-12(16(13)20)14-10-17(27,18(21,22)23)25(24-14)15(26)9-11-5-2-1-3-6-11/h1-8,27H,9-10H2. The number of rotatable bonds is 3. The Balaban J connectivity index is 2.00. The minimum Gasteiger partial charge on any atom is -0.362 e. The molecule has 1 unspecified atom stereocenters. The zero-order chi connectivity index (χ0) is 19.8. The van der Waals surface area contributed by atoms with Crippen molar-refractivity contribution in [2.75, 3.05) is 0 Å². The van der Waals surface area contributed by atoms with Crippen LogP contribution in [0.3, 0.4) is 0 Å². The fraction of sp³-hybridized carbons (Fsp3) is 0.222. The Morgan fingerprint density at radius 1 is 1.11 bits per heavy atom. The van der Waals surface area contributed by atoms with Gasteiger partial charge in [-0.1, -0.05) is 36.4 Å². The second kappa shape index (κ2) is 6.73. The molecule has 0 saturated heterocycles. The second-order valence-corrected chi connectivity index (χ2v) is 6.01. The van der Waals surface area contributed by atoms with Gasteiger partial charge in [-0.05, 0) is 17.7 Å². The molecule has 1 heterocycles. The van der Waals surface area contributed by atoms with Gasteiger partial charge in [0.25, 0.3) is 5.72 Å². The number of hydrazone groups is 1. The Labute approximate surface area is 150 Å². The lowest BCUT2D eigenvalue weighted by Gasteiger charge is -2.32. The van der Waals surface area contributed by atoms with E-state index in [-0.39, 0.29) is 5.01 Å². The van der Waals surface area contributed by atoms with Gasteiger partial charge in [-0.25, -0.2) is 8.78 Å². The highest BCUT2D eigenvalue weighted by atomic mass is 19.4. The van der Waals surface area contributed by atoms with Crippen LogP contribution in [-0.2, 0) is 11.2 Å². The summed E-state index contributed by atoms with van der Waals surface area (Å²) in [6, 6.07) is 10.8. The predicted octanol–water partition coefficient (Wildman–Crippen LogP) is 3.39. The molecule has 0 radical (unpaired) electrons. The first-order valence-electron chi connectivity index (χ1n) is 7.81. The zero-order valence-corrected chi connectivity index (χ0v) is 13.7. The Hall–Kier alpha value is -2.81. The first-order chi connectivity index (χ1) is 12.6. The van der Waals surface area contributed by atoms with E-state index in [1.165, 1.54) is 12.1 Å². The highest BCUT2D eigenvalue weighted by Crippen LogP contribution is 2.41. The molecule has 0 aliphatic carbocycles. The summed E-state index contributed by atoms with van der Waals surface area (Å²) in [6.07, 6.45) is -6.92. The summed E-state index contributed by atoms with van der Waals surface area (Å²) in [4.78, 5) is 12.4. The average molecular weight is 384 g/mol. The van der Waals surface area contributed by atoms with Gasteiger partial charge < -0.3 is 5.11 Å². The third kappa shape index (κ3) is 3.42. The topological polar surface area (TPSA) is 52.9 Å². The lowest BCUT2D eigenvalue weighted by atomic mass is 10.00. The van der Waals surface area contributed by atoms with E-state index >= 15 is 0 Å². The van der Waals surface area contributed by atoms with E-state index in [4.69, 9.17) is 0 Å². The van der Waals surface area contributed by atoms with Gasteiger partial charge in [0.2, 0.25) is 5.91 Å². The van der Waals surface area contributed by atoms with Gasteiger partial charge in [0.1, 0.15) is 0 Å². The van der Waals surface area contributed by atoms with Crippen molar-refractivity contribution in [3.05, 3.63) is 71.3 Å². The van der Waals surface area contributed by atoms with E-state index in [9.17, 15) is 31.9 Å². The molecular formula is C18H13F5N2O2. The minimum absolute atomic E-state index is 0.0975. The van der Waals surface area contributed by atoms with Gasteiger partial charge in [-0.2, -0.15) is 23.3 Å². The Morgan fingerprint density at radius 3 is 2.41 bits per heavy atom. The van der Waals surface area contributed by atoms with Crippen LogP contribution in [0.5, 0.6) is 0 Å². The molecule has 0 spiro atoms. The van der Waals surface area contributed by atoms with Crippen LogP contribution in [0.1, 0.15) is 17.5 Å². The third-order valence-corrected chi connectivity index (χ3v) is 4.14. The number of carbonyl (C=O) groups is 1. The molecule has 1 aliphatic heterocycles. The first-order valence-corrected chi connectivity index (χ1v) is 7.81. The highest BCUT2D eigenvalue weighted by molar-refractivity contribution is 6.03. The molecule has 0 saturated carbocycles. The molecule has 1 aliphatic rings. The molecule has 1 amide bonds. The van der Waals surface area contributed by atoms with Gasteiger partial charge in [0, 0.05) is 5.56 Å². The van der Waals surface area contributed by atoms with E-state index in [1.54, 1.807) is 18.2 Å². The lowest BCUT2D eigenvalue weighted by Crippen LogP contribution is -2.57. The fourth-order valence-electron chi connectivity index (χ4n) is 2.75. The number of amides is 1. The summed E-state index contributed by atoms with van der Waals surface area (Å²) in [7, 11) is 0. The SMILES string of the molecule is O=C(Cc1ccccc1)N1N=C(c2cccc(F)c2F)CC1(O)C(F)(F)F. The van der Waals surface area contributed by atoms with E-state index in [0.717, 1.165) is 18.2 Å². The Kier molecular flexibility index (Phi) is 4.73. The largest absolute Gasteiger partial charge is 0.438 e. The molecule has 4 nitrogen and oxygen atoms in total. The molecule has 0 bridgehead atoms. The maximum Gasteiger partial charge on any atom is 0.438 e. The van der Waals surface area contributed by atoms with Crippen LogP contribution in [0.2, 0.25) is 0 Å². The van der Waals surface area contributed by atoms with Crippen LogP contribution in [-0.4, -0.2) is 33.6 Å². The van der Waals surface area contributed by atoms with Crippen molar-refractivity contribution in [2.45, 2.75) is 24.7 Å². The molecule has 142 valence electrons. The molecule has 3 rings (SSSR count). The van der Waals surface area contributed by atoms with E-state index in [1.807, 2.05) is 0 Å². The average Bonchev–Trinajstić information content (AvgIpc) is 2.97. The van der Waals surface area contributed by atoms with Crippen molar-refractivity contribution in [2.24, 2.45) is 5.10 Å². The van der Waals surface area contributed by atoms with Crippen molar-refractivity contribution in [3.63, 3.8) is 0 Å². The Bertz CT molecular complexity index is 898. The molecule has 9 heteroatoms. The number of hydrogen-bond donors (Lipinski definition) is 1. The predicted molar refractivity (Wildman–Crippen MR) is 85.5 cm³/mol. The molecular weight excluding hydrogens is 371 g/mol. The normalized spacial score (nSPS) is 19.9. The van der Waals surface area contributed by atoms with Gasteiger partial charge in [0.05, 0.1) is 18.6 Å². The van der Waals surface area contributed by atoms with Crippen molar-refractivity contribution in [1.29, 1.82) is 0 Å². The fourth-order valence-corrected chi connectivity index (χ4v) is 2.75. The number of hydrogen-bond acceptors (Lipinski definition) is 3. The Morgan fingerprint density at radius 2 is 1.78 bits per heavy atom. The van der Waals surface area contributed by atoms with Gasteiger partial charge in [-0.15, -0.1) is 0 Å². The van der Waals surface area contributed by atoms with E-state index < -0.39 is 53.6 Å². The first kappa shape index (κ1) is 19.0. The van der Waals surface area contributed by atoms with Crippen LogP contribution < -0.4 is 0 Å². The van der Waals surface area contributed by atoms with Crippen molar-refractivity contribution >= 4 is 11.6 Å². The minimum atomic E-state index is -5.26. The van der Waals surface area contributed by atoms with Gasteiger partial charge >= 0.3 is 6.18 Å². The van der Waals surface area contributed by atoms with E-state index in [2.05, 4.69) is 5.10 Å². The van der Waals surface area contributed by atoms with Crippen LogP contribution in [0.15, 0.2) is 53.6 Å². The number of benzene rings is 2. The van der Waals surface area contributed by atoms with Crippen LogP contribution in [0.4, 0.5) is 22.0 Å². The highest BCUT2D eigenvalue weighted by Gasteiger charge is 2.63. The third-order valence-electron chi connectivity index (χ3n) is 4.14. The lowest BCUT2D eigenvalue weighted by molar-refractivity contribution is -0.302. The molecule has 0 fully saturated rings. The van der Waals surface area contributed by atoms with E-state index in [0.29, 0.717) is 5.56 Å². The number of halogens is 5. The summed E-state index contributed by atoms with van der Waals surface area (Å²) in [5.41, 5.74) is -4.36. The number of nitrogens with zero attached hydrogens (tertiary/aromatic N) is 2. The maximum atomic E-state index is 14.0. The molecule has 2 aromatic rings. The van der Waals surface area contributed by atoms with Gasteiger partial charge in [0.15, 0.2) is 11.6 Å². The zero-order valence-electron chi connectivity index (χ0n) is 13.7. The molecule has 1 N–H and O–H groups in total. The number of carbonyl (C=O) groups excluding carboxylic acids is 1. The summed E-state index contributed by atoms with van der Waals surface area (Å²) < 4.78 is 67.8. The monoisotopic (exact) mass is 384 g/mol. The second-order valence-electron chi connectivity index (χ2n) is 6.01. The van der Waals surface area contributed by atoms with Gasteiger partial charge in [-0.3, -0.25) is 4.79 Å². The quantitative estimate of drug-likeness (QED) is 0.825. The molecule has 0 aromatic heterocycles. The molecule has 2 aromatic carbocycles. The maximum absolute atomic E-state index is 14.0. The summed E-state index contributed by atoms with van der Waals surface area (Å²) in [5, 5.41) is 13.6. The number of aliphatic hydroxyl groups is 1.